The van der Waals surface area contributed by atoms with Crippen molar-refractivity contribution < 1.29 is 14.3 Å². The second-order valence-corrected chi connectivity index (χ2v) is 9.94. The van der Waals surface area contributed by atoms with E-state index in [4.69, 9.17) is 21.1 Å². The molecule has 0 aliphatic heterocycles. The van der Waals surface area contributed by atoms with Crippen molar-refractivity contribution in [3.8, 4) is 11.5 Å². The number of nitrogens with one attached hydrogen (secondary N) is 1. The summed E-state index contributed by atoms with van der Waals surface area (Å²) >= 11 is 9.39. The van der Waals surface area contributed by atoms with Crippen LogP contribution in [0.5, 0.6) is 11.5 Å². The number of benzene rings is 3. The zero-order chi connectivity index (χ0) is 23.9. The number of hydrogen-bond donors (Lipinski definition) is 1. The first-order chi connectivity index (χ1) is 16.5. The second-order valence-electron chi connectivity index (χ2n) is 7.28. The van der Waals surface area contributed by atoms with Crippen LogP contribution in [0, 0.1) is 6.92 Å². The number of hydrogen-bond acceptors (Lipinski definition) is 7. The highest BCUT2D eigenvalue weighted by molar-refractivity contribution is 8.01. The zero-order valence-electron chi connectivity index (χ0n) is 18.6. The Hall–Kier alpha value is -3.07. The molecule has 0 aliphatic rings. The van der Waals surface area contributed by atoms with Crippen LogP contribution in [0.15, 0.2) is 70.1 Å². The van der Waals surface area contributed by atoms with E-state index in [0.717, 1.165) is 25.7 Å². The lowest BCUT2D eigenvalue weighted by atomic mass is 10.1. The molecular weight excluding hydrogens is 490 g/mol. The summed E-state index contributed by atoms with van der Waals surface area (Å²) in [6, 6.07) is 19.3. The van der Waals surface area contributed by atoms with Gasteiger partial charge < -0.3 is 9.47 Å². The Balaban J connectivity index is 1.34. The molecule has 1 aromatic heterocycles. The van der Waals surface area contributed by atoms with Gasteiger partial charge in [-0.3, -0.25) is 4.79 Å². The van der Waals surface area contributed by atoms with Gasteiger partial charge in [-0.1, -0.05) is 59.8 Å². The van der Waals surface area contributed by atoms with Crippen molar-refractivity contribution in [2.75, 3.05) is 12.9 Å². The highest BCUT2D eigenvalue weighted by Gasteiger charge is 2.13. The first kappa shape index (κ1) is 24.1. The van der Waals surface area contributed by atoms with Crippen LogP contribution < -0.4 is 14.9 Å². The van der Waals surface area contributed by atoms with Crippen molar-refractivity contribution in [3.63, 3.8) is 0 Å². The average molecular weight is 512 g/mol. The molecule has 1 N–H and O–H groups in total. The Kier molecular flexibility index (Phi) is 8.05. The number of carbonyl (C=O) groups is 1. The van der Waals surface area contributed by atoms with Crippen LogP contribution in [0.25, 0.3) is 10.2 Å². The minimum atomic E-state index is -0.225. The molecule has 1 amide bonds. The van der Waals surface area contributed by atoms with Crippen LogP contribution >= 0.6 is 34.7 Å². The molecule has 6 nitrogen and oxygen atoms in total. The highest BCUT2D eigenvalue weighted by Crippen LogP contribution is 2.36. The van der Waals surface area contributed by atoms with Gasteiger partial charge >= 0.3 is 0 Å². The van der Waals surface area contributed by atoms with E-state index in [1.54, 1.807) is 30.6 Å². The lowest BCUT2D eigenvalue weighted by molar-refractivity contribution is -0.118. The van der Waals surface area contributed by atoms with Crippen molar-refractivity contribution in [2.24, 2.45) is 5.10 Å². The lowest BCUT2D eigenvalue weighted by Crippen LogP contribution is -2.19. The third-order valence-electron chi connectivity index (χ3n) is 4.89. The summed E-state index contributed by atoms with van der Waals surface area (Å²) in [6.45, 7) is 2.40. The van der Waals surface area contributed by atoms with Gasteiger partial charge in [-0.05, 0) is 47.9 Å². The fraction of sp³-hybridized carbons (Fsp3) is 0.160. The number of thiazole rings is 1. The molecule has 0 spiro atoms. The summed E-state index contributed by atoms with van der Waals surface area (Å²) in [7, 11) is 1.55. The minimum absolute atomic E-state index is 0.215. The van der Waals surface area contributed by atoms with Gasteiger partial charge in [0.1, 0.15) is 6.61 Å². The average Bonchev–Trinajstić information content (AvgIpc) is 3.26. The van der Waals surface area contributed by atoms with Crippen molar-refractivity contribution in [3.05, 3.63) is 82.4 Å². The molecule has 34 heavy (non-hydrogen) atoms. The highest BCUT2D eigenvalue weighted by atomic mass is 35.5. The van der Waals surface area contributed by atoms with Crippen LogP contribution in [0.1, 0.15) is 16.7 Å². The van der Waals surface area contributed by atoms with Crippen molar-refractivity contribution in [1.82, 2.24) is 10.4 Å². The Bertz CT molecular complexity index is 1310. The molecule has 0 unspecified atom stereocenters. The van der Waals surface area contributed by atoms with E-state index in [2.05, 4.69) is 15.5 Å². The fourth-order valence-corrected chi connectivity index (χ4v) is 5.26. The standard InChI is InChI=1S/C25H22ClN3O3S2/c1-16-7-3-4-8-18(16)14-32-24-19(26)11-17(12-21(24)31-2)13-27-29-23(30)15-33-25-28-20-9-5-6-10-22(20)34-25/h3-13H,14-15H2,1-2H3,(H,29,30)/b27-13+. The molecule has 0 radical (unpaired) electrons. The van der Waals surface area contributed by atoms with E-state index in [0.29, 0.717) is 28.7 Å². The minimum Gasteiger partial charge on any atom is -0.493 e. The van der Waals surface area contributed by atoms with Gasteiger partial charge in [-0.15, -0.1) is 11.3 Å². The summed E-state index contributed by atoms with van der Waals surface area (Å²) in [5.74, 6) is 0.935. The van der Waals surface area contributed by atoms with Crippen LogP contribution in [0.2, 0.25) is 5.02 Å². The number of aryl methyl sites for hydroxylation is 1. The maximum absolute atomic E-state index is 12.2. The summed E-state index contributed by atoms with van der Waals surface area (Å²) in [5, 5.41) is 4.43. The molecule has 0 aliphatic carbocycles. The smallest absolute Gasteiger partial charge is 0.250 e. The zero-order valence-corrected chi connectivity index (χ0v) is 21.0. The monoisotopic (exact) mass is 511 g/mol. The molecule has 174 valence electrons. The number of amides is 1. The van der Waals surface area contributed by atoms with Gasteiger partial charge in [0.2, 0.25) is 0 Å². The Morgan fingerprint density at radius 2 is 2.00 bits per heavy atom. The van der Waals surface area contributed by atoms with Gasteiger partial charge in [-0.25, -0.2) is 10.4 Å². The van der Waals surface area contributed by atoms with Gasteiger partial charge in [0.25, 0.3) is 5.91 Å². The van der Waals surface area contributed by atoms with Gasteiger partial charge in [0.05, 0.1) is 34.3 Å². The van der Waals surface area contributed by atoms with Gasteiger partial charge in [0, 0.05) is 0 Å². The first-order valence-electron chi connectivity index (χ1n) is 10.4. The summed E-state index contributed by atoms with van der Waals surface area (Å²) < 4.78 is 13.3. The van der Waals surface area contributed by atoms with Gasteiger partial charge in [-0.2, -0.15) is 5.10 Å². The van der Waals surface area contributed by atoms with Crippen LogP contribution in [-0.4, -0.2) is 30.0 Å². The topological polar surface area (TPSA) is 72.8 Å². The molecule has 3 aromatic carbocycles. The number of thioether (sulfide) groups is 1. The number of hydrazone groups is 1. The third-order valence-corrected chi connectivity index (χ3v) is 7.35. The molecule has 0 saturated carbocycles. The number of aromatic nitrogens is 1. The molecular formula is C25H22ClN3O3S2. The van der Waals surface area contributed by atoms with E-state index in [1.165, 1.54) is 18.0 Å². The predicted molar refractivity (Wildman–Crippen MR) is 140 cm³/mol. The molecule has 0 bridgehead atoms. The number of fused-ring (bicyclic) bond motifs is 1. The second kappa shape index (κ2) is 11.4. The van der Waals surface area contributed by atoms with Crippen molar-refractivity contribution in [1.29, 1.82) is 0 Å². The Labute approximate surface area is 211 Å². The third kappa shape index (κ3) is 6.08. The number of halogens is 1. The molecule has 4 aromatic rings. The Morgan fingerprint density at radius 3 is 2.79 bits per heavy atom. The number of methoxy groups -OCH3 is 1. The molecule has 0 atom stereocenters. The van der Waals surface area contributed by atoms with Crippen LogP contribution in [-0.2, 0) is 11.4 Å². The van der Waals surface area contributed by atoms with Crippen molar-refractivity contribution in [2.45, 2.75) is 17.9 Å². The number of carbonyl (C=O) groups excluding carboxylic acids is 1. The van der Waals surface area contributed by atoms with Gasteiger partial charge in [0.15, 0.2) is 15.8 Å². The number of nitrogens with zero attached hydrogens (tertiary/aromatic N) is 2. The lowest BCUT2D eigenvalue weighted by Gasteiger charge is -2.14. The number of rotatable bonds is 9. The summed E-state index contributed by atoms with van der Waals surface area (Å²) in [6.07, 6.45) is 1.51. The van der Waals surface area contributed by atoms with E-state index in [-0.39, 0.29) is 11.7 Å². The predicted octanol–water partition coefficient (Wildman–Crippen LogP) is 6.09. The molecule has 0 saturated heterocycles. The van der Waals surface area contributed by atoms with E-state index < -0.39 is 0 Å². The molecule has 0 fully saturated rings. The van der Waals surface area contributed by atoms with Crippen molar-refractivity contribution >= 4 is 57.0 Å². The summed E-state index contributed by atoms with van der Waals surface area (Å²) in [4.78, 5) is 16.7. The SMILES string of the molecule is COc1cc(/C=N/NC(=O)CSc2nc3ccccc3s2)cc(Cl)c1OCc1ccccc1C. The maximum Gasteiger partial charge on any atom is 0.250 e. The molecule has 9 heteroatoms. The molecule has 1 heterocycles. The number of para-hydroxylation sites is 1. The van der Waals surface area contributed by atoms with E-state index in [9.17, 15) is 4.79 Å². The largest absolute Gasteiger partial charge is 0.493 e. The van der Waals surface area contributed by atoms with Crippen LogP contribution in [0.4, 0.5) is 0 Å². The first-order valence-corrected chi connectivity index (χ1v) is 12.6. The fourth-order valence-electron chi connectivity index (χ4n) is 3.13. The summed E-state index contributed by atoms with van der Waals surface area (Å²) in [5.41, 5.74) is 6.34. The van der Waals surface area contributed by atoms with E-state index >= 15 is 0 Å². The number of ether oxygens (including phenoxy) is 2. The van der Waals surface area contributed by atoms with Crippen LogP contribution in [0.3, 0.4) is 0 Å². The Morgan fingerprint density at radius 1 is 1.21 bits per heavy atom. The maximum atomic E-state index is 12.2. The molecule has 4 rings (SSSR count). The quantitative estimate of drug-likeness (QED) is 0.167. The normalized spacial score (nSPS) is 11.1. The van der Waals surface area contributed by atoms with E-state index in [1.807, 2.05) is 55.5 Å².